The molecular formula is C17H20N4O. The number of hydrogen-bond acceptors (Lipinski definition) is 4. The number of benzene rings is 1. The Labute approximate surface area is 130 Å². The summed E-state index contributed by atoms with van der Waals surface area (Å²) in [5.74, 6) is 0.490. The maximum atomic E-state index is 12.1. The monoisotopic (exact) mass is 296 g/mol. The average molecular weight is 296 g/mol. The van der Waals surface area contributed by atoms with E-state index >= 15 is 0 Å². The van der Waals surface area contributed by atoms with Gasteiger partial charge < -0.3 is 10.6 Å². The second kappa shape index (κ2) is 6.56. The molecule has 5 heteroatoms. The molecule has 22 heavy (non-hydrogen) atoms. The largest absolute Gasteiger partial charge is 0.366 e. The van der Waals surface area contributed by atoms with Gasteiger partial charge in [0, 0.05) is 11.7 Å². The van der Waals surface area contributed by atoms with Crippen molar-refractivity contribution in [2.75, 3.05) is 10.6 Å². The molecule has 1 aliphatic carbocycles. The van der Waals surface area contributed by atoms with Crippen LogP contribution in [0.3, 0.4) is 0 Å². The van der Waals surface area contributed by atoms with Crippen molar-refractivity contribution in [3.63, 3.8) is 0 Å². The highest BCUT2D eigenvalue weighted by molar-refractivity contribution is 6.02. The van der Waals surface area contributed by atoms with Gasteiger partial charge in [0.15, 0.2) is 5.69 Å². The number of nitrogens with zero attached hydrogens (tertiary/aromatic N) is 2. The van der Waals surface area contributed by atoms with E-state index in [0.29, 0.717) is 11.7 Å². The van der Waals surface area contributed by atoms with E-state index in [4.69, 9.17) is 0 Å². The Morgan fingerprint density at radius 2 is 1.95 bits per heavy atom. The Hall–Kier alpha value is -2.43. The summed E-state index contributed by atoms with van der Waals surface area (Å²) in [7, 11) is 0. The molecule has 0 aliphatic heterocycles. The summed E-state index contributed by atoms with van der Waals surface area (Å²) in [6.45, 7) is 1.99. The van der Waals surface area contributed by atoms with Crippen LogP contribution in [-0.2, 0) is 0 Å². The summed E-state index contributed by atoms with van der Waals surface area (Å²) in [6.07, 6.45) is 4.89. The number of anilines is 2. The normalized spacial score (nSPS) is 14.8. The molecule has 2 N–H and O–H groups in total. The molecule has 2 aromatic rings. The van der Waals surface area contributed by atoms with Crippen molar-refractivity contribution < 1.29 is 4.79 Å². The lowest BCUT2D eigenvalue weighted by molar-refractivity contribution is 0.102. The number of amides is 1. The Morgan fingerprint density at radius 3 is 2.64 bits per heavy atom. The quantitative estimate of drug-likeness (QED) is 0.907. The van der Waals surface area contributed by atoms with Gasteiger partial charge in [0.25, 0.3) is 5.91 Å². The molecule has 3 rings (SSSR count). The smallest absolute Gasteiger partial charge is 0.276 e. The highest BCUT2D eigenvalue weighted by Gasteiger charge is 2.15. The molecule has 0 saturated heterocycles. The highest BCUT2D eigenvalue weighted by Crippen LogP contribution is 2.21. The van der Waals surface area contributed by atoms with Crippen LogP contribution in [0.4, 0.5) is 11.5 Å². The fraction of sp³-hybridized carbons (Fsp3) is 0.353. The minimum absolute atomic E-state index is 0.245. The van der Waals surface area contributed by atoms with E-state index in [1.54, 1.807) is 6.07 Å². The lowest BCUT2D eigenvalue weighted by atomic mass is 10.2. The Kier molecular flexibility index (Phi) is 4.32. The fourth-order valence-corrected chi connectivity index (χ4v) is 2.73. The van der Waals surface area contributed by atoms with Crippen LogP contribution >= 0.6 is 0 Å². The fourth-order valence-electron chi connectivity index (χ4n) is 2.73. The molecule has 0 unspecified atom stereocenters. The summed E-state index contributed by atoms with van der Waals surface area (Å²) >= 11 is 0. The van der Waals surface area contributed by atoms with Crippen LogP contribution in [0, 0.1) is 6.92 Å². The Morgan fingerprint density at radius 1 is 1.14 bits per heavy atom. The first-order valence-corrected chi connectivity index (χ1v) is 7.69. The van der Waals surface area contributed by atoms with E-state index in [-0.39, 0.29) is 5.91 Å². The van der Waals surface area contributed by atoms with Crippen LogP contribution in [0.2, 0.25) is 0 Å². The maximum absolute atomic E-state index is 12.1. The van der Waals surface area contributed by atoms with Crippen molar-refractivity contribution in [2.45, 2.75) is 38.6 Å². The first kappa shape index (κ1) is 14.5. The number of carbonyl (C=O) groups excluding carboxylic acids is 1. The summed E-state index contributed by atoms with van der Waals surface area (Å²) in [5.41, 5.74) is 2.18. The van der Waals surface area contributed by atoms with Crippen molar-refractivity contribution in [1.29, 1.82) is 0 Å². The first-order chi connectivity index (χ1) is 10.7. The van der Waals surface area contributed by atoms with Gasteiger partial charge in [-0.25, -0.2) is 0 Å². The van der Waals surface area contributed by atoms with Crippen molar-refractivity contribution in [1.82, 2.24) is 10.2 Å². The number of aryl methyl sites for hydroxylation is 1. The molecule has 1 fully saturated rings. The van der Waals surface area contributed by atoms with Crippen LogP contribution in [0.5, 0.6) is 0 Å². The molecule has 1 aromatic carbocycles. The van der Waals surface area contributed by atoms with E-state index in [0.717, 1.165) is 17.1 Å². The van der Waals surface area contributed by atoms with Crippen LogP contribution < -0.4 is 10.6 Å². The van der Waals surface area contributed by atoms with Crippen LogP contribution in [-0.4, -0.2) is 22.1 Å². The number of hydrogen-bond donors (Lipinski definition) is 2. The summed E-state index contributed by atoms with van der Waals surface area (Å²) < 4.78 is 0. The van der Waals surface area contributed by atoms with E-state index in [2.05, 4.69) is 20.8 Å². The minimum Gasteiger partial charge on any atom is -0.366 e. The third-order valence-electron chi connectivity index (χ3n) is 3.88. The predicted molar refractivity (Wildman–Crippen MR) is 87.0 cm³/mol. The van der Waals surface area contributed by atoms with Crippen LogP contribution in [0.1, 0.15) is 41.7 Å². The van der Waals surface area contributed by atoms with E-state index in [9.17, 15) is 4.79 Å². The van der Waals surface area contributed by atoms with Gasteiger partial charge in [-0.15, -0.1) is 10.2 Å². The number of carbonyl (C=O) groups is 1. The molecular weight excluding hydrogens is 276 g/mol. The van der Waals surface area contributed by atoms with Crippen LogP contribution in [0.15, 0.2) is 36.4 Å². The predicted octanol–water partition coefficient (Wildman–Crippen LogP) is 3.39. The molecule has 1 amide bonds. The lowest BCUT2D eigenvalue weighted by Gasteiger charge is -2.12. The van der Waals surface area contributed by atoms with Gasteiger partial charge >= 0.3 is 0 Å². The number of nitrogens with one attached hydrogen (secondary N) is 2. The molecule has 1 aromatic heterocycles. The van der Waals surface area contributed by atoms with Gasteiger partial charge in [-0.3, -0.25) is 4.79 Å². The second-order valence-corrected chi connectivity index (χ2v) is 5.75. The molecule has 1 saturated carbocycles. The van der Waals surface area contributed by atoms with Gasteiger partial charge in [0.1, 0.15) is 5.82 Å². The first-order valence-electron chi connectivity index (χ1n) is 7.69. The second-order valence-electron chi connectivity index (χ2n) is 5.75. The molecule has 0 bridgehead atoms. The Balaban J connectivity index is 1.63. The zero-order valence-corrected chi connectivity index (χ0v) is 12.7. The zero-order chi connectivity index (χ0) is 15.4. The van der Waals surface area contributed by atoms with Crippen LogP contribution in [0.25, 0.3) is 0 Å². The molecule has 0 atom stereocenters. The summed E-state index contributed by atoms with van der Waals surface area (Å²) in [4.78, 5) is 12.1. The number of rotatable bonds is 4. The highest BCUT2D eigenvalue weighted by atomic mass is 16.1. The molecule has 1 aliphatic rings. The maximum Gasteiger partial charge on any atom is 0.276 e. The third kappa shape index (κ3) is 3.61. The molecule has 5 nitrogen and oxygen atoms in total. The standard InChI is InChI=1S/C17H20N4O/c1-12-5-4-8-14(11-12)19-17(22)15-9-10-16(21-20-15)18-13-6-2-3-7-13/h4-5,8-11,13H,2-3,6-7H2,1H3,(H,18,21)(H,19,22). The molecule has 114 valence electrons. The molecule has 1 heterocycles. The van der Waals surface area contributed by atoms with Gasteiger partial charge in [-0.2, -0.15) is 0 Å². The van der Waals surface area contributed by atoms with E-state index < -0.39 is 0 Å². The van der Waals surface area contributed by atoms with Crippen molar-refractivity contribution >= 4 is 17.4 Å². The Bertz CT molecular complexity index is 648. The number of aromatic nitrogens is 2. The average Bonchev–Trinajstić information content (AvgIpc) is 3.01. The molecule has 0 radical (unpaired) electrons. The van der Waals surface area contributed by atoms with E-state index in [1.165, 1.54) is 25.7 Å². The van der Waals surface area contributed by atoms with Gasteiger partial charge in [-0.1, -0.05) is 25.0 Å². The third-order valence-corrected chi connectivity index (χ3v) is 3.88. The van der Waals surface area contributed by atoms with Gasteiger partial charge in [-0.05, 0) is 49.6 Å². The van der Waals surface area contributed by atoms with Crippen molar-refractivity contribution in [2.24, 2.45) is 0 Å². The summed E-state index contributed by atoms with van der Waals surface area (Å²) in [6, 6.07) is 11.7. The van der Waals surface area contributed by atoms with Gasteiger partial charge in [0.2, 0.25) is 0 Å². The summed E-state index contributed by atoms with van der Waals surface area (Å²) in [5, 5.41) is 14.3. The molecule has 0 spiro atoms. The minimum atomic E-state index is -0.245. The van der Waals surface area contributed by atoms with Gasteiger partial charge in [0.05, 0.1) is 0 Å². The zero-order valence-electron chi connectivity index (χ0n) is 12.7. The lowest BCUT2D eigenvalue weighted by Crippen LogP contribution is -2.18. The van der Waals surface area contributed by atoms with Crippen molar-refractivity contribution in [3.8, 4) is 0 Å². The van der Waals surface area contributed by atoms with E-state index in [1.807, 2.05) is 37.3 Å². The topological polar surface area (TPSA) is 66.9 Å². The van der Waals surface area contributed by atoms with Crippen molar-refractivity contribution in [3.05, 3.63) is 47.7 Å². The SMILES string of the molecule is Cc1cccc(NC(=O)c2ccc(NC3CCCC3)nn2)c1.